The summed E-state index contributed by atoms with van der Waals surface area (Å²) >= 11 is 0. The summed E-state index contributed by atoms with van der Waals surface area (Å²) in [6.45, 7) is 5.64. The van der Waals surface area contributed by atoms with Gasteiger partial charge in [0.1, 0.15) is 5.82 Å². The Morgan fingerprint density at radius 3 is 2.60 bits per heavy atom. The highest BCUT2D eigenvalue weighted by Crippen LogP contribution is 2.29. The van der Waals surface area contributed by atoms with Crippen molar-refractivity contribution in [3.63, 3.8) is 0 Å². The van der Waals surface area contributed by atoms with Gasteiger partial charge in [0.2, 0.25) is 0 Å². The highest BCUT2D eigenvalue weighted by molar-refractivity contribution is 5.47. The highest BCUT2D eigenvalue weighted by Gasteiger charge is 2.31. The van der Waals surface area contributed by atoms with E-state index in [4.69, 9.17) is 0 Å². The van der Waals surface area contributed by atoms with E-state index in [0.29, 0.717) is 0 Å². The summed E-state index contributed by atoms with van der Waals surface area (Å²) in [5.74, 6) is 1.20. The van der Waals surface area contributed by atoms with Crippen LogP contribution in [0.4, 0.5) is 5.82 Å². The summed E-state index contributed by atoms with van der Waals surface area (Å²) in [7, 11) is 0. The molecule has 1 aliphatic heterocycles. The SMILES string of the molecule is c1cnc(N2CCN(C3CC3)CC2)c(CNC2CC2)c1. The van der Waals surface area contributed by atoms with Crippen LogP contribution in [0.3, 0.4) is 0 Å². The van der Waals surface area contributed by atoms with Gasteiger partial charge in [-0.25, -0.2) is 4.98 Å². The second kappa shape index (κ2) is 5.34. The van der Waals surface area contributed by atoms with E-state index in [1.54, 1.807) is 0 Å². The maximum Gasteiger partial charge on any atom is 0.133 e. The van der Waals surface area contributed by atoms with Gasteiger partial charge >= 0.3 is 0 Å². The Hall–Kier alpha value is -1.13. The molecular weight excluding hydrogens is 248 g/mol. The van der Waals surface area contributed by atoms with Gasteiger partial charge in [-0.15, -0.1) is 0 Å². The van der Waals surface area contributed by atoms with Gasteiger partial charge in [-0.1, -0.05) is 6.07 Å². The minimum absolute atomic E-state index is 0.759. The summed E-state index contributed by atoms with van der Waals surface area (Å²) in [6.07, 6.45) is 7.45. The minimum Gasteiger partial charge on any atom is -0.354 e. The van der Waals surface area contributed by atoms with Crippen LogP contribution in [0, 0.1) is 0 Å². The van der Waals surface area contributed by atoms with Crippen molar-refractivity contribution in [3.8, 4) is 0 Å². The van der Waals surface area contributed by atoms with E-state index in [-0.39, 0.29) is 0 Å². The lowest BCUT2D eigenvalue weighted by Gasteiger charge is -2.36. The van der Waals surface area contributed by atoms with Crippen LogP contribution >= 0.6 is 0 Å². The van der Waals surface area contributed by atoms with Crippen LogP contribution in [0.1, 0.15) is 31.2 Å². The zero-order valence-corrected chi connectivity index (χ0v) is 12.1. The quantitative estimate of drug-likeness (QED) is 0.882. The molecule has 108 valence electrons. The molecule has 4 nitrogen and oxygen atoms in total. The molecule has 0 atom stereocenters. The van der Waals surface area contributed by atoms with E-state index in [2.05, 4.69) is 32.2 Å². The second-order valence-corrected chi connectivity index (χ2v) is 6.40. The fourth-order valence-corrected chi connectivity index (χ4v) is 3.13. The number of pyridine rings is 1. The van der Waals surface area contributed by atoms with Crippen molar-refractivity contribution >= 4 is 5.82 Å². The zero-order chi connectivity index (χ0) is 13.4. The first-order valence-corrected chi connectivity index (χ1v) is 8.06. The van der Waals surface area contributed by atoms with Gasteiger partial charge in [0.05, 0.1) is 0 Å². The summed E-state index contributed by atoms with van der Waals surface area (Å²) < 4.78 is 0. The maximum absolute atomic E-state index is 4.65. The molecule has 1 aromatic heterocycles. The highest BCUT2D eigenvalue weighted by atomic mass is 15.3. The van der Waals surface area contributed by atoms with Crippen LogP contribution in [-0.2, 0) is 6.54 Å². The third-order valence-corrected chi connectivity index (χ3v) is 4.70. The normalized spacial score (nSPS) is 24.1. The molecule has 20 heavy (non-hydrogen) atoms. The molecule has 0 amide bonds. The Morgan fingerprint density at radius 2 is 1.90 bits per heavy atom. The first-order chi connectivity index (χ1) is 9.90. The lowest BCUT2D eigenvalue weighted by Crippen LogP contribution is -2.47. The molecule has 3 aliphatic rings. The van der Waals surface area contributed by atoms with Crippen LogP contribution in [0.25, 0.3) is 0 Å². The van der Waals surface area contributed by atoms with E-state index >= 15 is 0 Å². The van der Waals surface area contributed by atoms with Gasteiger partial charge in [0, 0.05) is 56.6 Å². The number of aromatic nitrogens is 1. The van der Waals surface area contributed by atoms with Crippen LogP contribution < -0.4 is 10.2 Å². The molecule has 2 heterocycles. The monoisotopic (exact) mass is 272 g/mol. The number of piperazine rings is 1. The average Bonchev–Trinajstić information content (AvgIpc) is 3.40. The van der Waals surface area contributed by atoms with Gasteiger partial charge in [-0.05, 0) is 31.7 Å². The van der Waals surface area contributed by atoms with Crippen LogP contribution in [0.15, 0.2) is 18.3 Å². The van der Waals surface area contributed by atoms with E-state index in [1.807, 2.05) is 6.20 Å². The molecule has 3 fully saturated rings. The summed E-state index contributed by atoms with van der Waals surface area (Å²) in [5.41, 5.74) is 1.36. The van der Waals surface area contributed by atoms with Crippen molar-refractivity contribution in [2.45, 2.75) is 44.3 Å². The van der Waals surface area contributed by atoms with Crippen molar-refractivity contribution in [3.05, 3.63) is 23.9 Å². The van der Waals surface area contributed by atoms with Crippen molar-refractivity contribution < 1.29 is 0 Å². The lowest BCUT2D eigenvalue weighted by molar-refractivity contribution is 0.247. The number of hydrogen-bond donors (Lipinski definition) is 1. The first-order valence-electron chi connectivity index (χ1n) is 8.06. The van der Waals surface area contributed by atoms with E-state index in [0.717, 1.165) is 31.7 Å². The third-order valence-electron chi connectivity index (χ3n) is 4.70. The molecular formula is C16H24N4. The van der Waals surface area contributed by atoms with Crippen molar-refractivity contribution in [2.75, 3.05) is 31.1 Å². The first kappa shape index (κ1) is 12.6. The van der Waals surface area contributed by atoms with E-state index < -0.39 is 0 Å². The predicted molar refractivity (Wildman–Crippen MR) is 80.9 cm³/mol. The van der Waals surface area contributed by atoms with Gasteiger partial charge in [0.25, 0.3) is 0 Å². The average molecular weight is 272 g/mol. The third kappa shape index (κ3) is 2.81. The van der Waals surface area contributed by atoms with Crippen molar-refractivity contribution in [2.24, 2.45) is 0 Å². The van der Waals surface area contributed by atoms with E-state index in [1.165, 1.54) is 50.2 Å². The predicted octanol–water partition coefficient (Wildman–Crippen LogP) is 1.62. The van der Waals surface area contributed by atoms with Gasteiger partial charge in [-0.3, -0.25) is 4.90 Å². The van der Waals surface area contributed by atoms with Gasteiger partial charge in [0.15, 0.2) is 0 Å². The molecule has 0 unspecified atom stereocenters. The molecule has 2 saturated carbocycles. The zero-order valence-electron chi connectivity index (χ0n) is 12.1. The molecule has 4 heteroatoms. The summed E-state index contributed by atoms with van der Waals surface area (Å²) in [5, 5.41) is 3.61. The maximum atomic E-state index is 4.65. The summed E-state index contributed by atoms with van der Waals surface area (Å²) in [6, 6.07) is 5.95. The van der Waals surface area contributed by atoms with Crippen LogP contribution in [0.5, 0.6) is 0 Å². The number of anilines is 1. The number of nitrogens with one attached hydrogen (secondary N) is 1. The molecule has 4 rings (SSSR count). The minimum atomic E-state index is 0.759. The Balaban J connectivity index is 1.41. The summed E-state index contributed by atoms with van der Waals surface area (Å²) in [4.78, 5) is 9.78. The molecule has 0 spiro atoms. The molecule has 2 aliphatic carbocycles. The second-order valence-electron chi connectivity index (χ2n) is 6.40. The number of hydrogen-bond acceptors (Lipinski definition) is 4. The molecule has 1 saturated heterocycles. The smallest absolute Gasteiger partial charge is 0.133 e. The molecule has 1 N–H and O–H groups in total. The lowest BCUT2D eigenvalue weighted by atomic mass is 10.2. The molecule has 0 aromatic carbocycles. The largest absolute Gasteiger partial charge is 0.354 e. The Labute approximate surface area is 121 Å². The van der Waals surface area contributed by atoms with Crippen LogP contribution in [-0.4, -0.2) is 48.1 Å². The van der Waals surface area contributed by atoms with Crippen molar-refractivity contribution in [1.82, 2.24) is 15.2 Å². The van der Waals surface area contributed by atoms with E-state index in [9.17, 15) is 0 Å². The molecule has 0 radical (unpaired) electrons. The number of nitrogens with zero attached hydrogens (tertiary/aromatic N) is 3. The topological polar surface area (TPSA) is 31.4 Å². The Morgan fingerprint density at radius 1 is 1.10 bits per heavy atom. The Kier molecular flexibility index (Phi) is 3.36. The fraction of sp³-hybridized carbons (Fsp3) is 0.688. The van der Waals surface area contributed by atoms with Crippen molar-refractivity contribution in [1.29, 1.82) is 0 Å². The van der Waals surface area contributed by atoms with Crippen LogP contribution in [0.2, 0.25) is 0 Å². The van der Waals surface area contributed by atoms with Gasteiger partial charge < -0.3 is 10.2 Å². The Bertz CT molecular complexity index is 459. The molecule has 1 aromatic rings. The van der Waals surface area contributed by atoms with Gasteiger partial charge in [-0.2, -0.15) is 0 Å². The number of rotatable bonds is 5. The molecule has 0 bridgehead atoms. The fourth-order valence-electron chi connectivity index (χ4n) is 3.13. The standard InChI is InChI=1S/C16H24N4/c1-2-13(12-18-14-3-4-14)16(17-7-1)20-10-8-19(9-11-20)15-5-6-15/h1-2,7,14-15,18H,3-6,8-12H2.